The van der Waals surface area contributed by atoms with Gasteiger partial charge in [-0.3, -0.25) is 9.59 Å². The molecular formula is C18H19FN2O3S. The van der Waals surface area contributed by atoms with E-state index in [9.17, 15) is 14.0 Å². The number of thioether (sulfide) groups is 1. The van der Waals surface area contributed by atoms with Gasteiger partial charge in [-0.25, -0.2) is 4.39 Å². The summed E-state index contributed by atoms with van der Waals surface area (Å²) in [7, 11) is 0. The van der Waals surface area contributed by atoms with Gasteiger partial charge in [0.15, 0.2) is 5.17 Å². The van der Waals surface area contributed by atoms with Gasteiger partial charge in [-0.2, -0.15) is 4.99 Å². The molecule has 2 aliphatic heterocycles. The molecule has 1 fully saturated rings. The number of hydrogen-bond acceptors (Lipinski definition) is 5. The molecule has 1 aromatic carbocycles. The largest absolute Gasteiger partial charge is 0.466 e. The predicted molar refractivity (Wildman–Crippen MR) is 95.3 cm³/mol. The summed E-state index contributed by atoms with van der Waals surface area (Å²) in [6.07, 6.45) is 3.35. The number of esters is 1. The van der Waals surface area contributed by atoms with Gasteiger partial charge in [0.25, 0.3) is 5.91 Å². The van der Waals surface area contributed by atoms with E-state index < -0.39 is 0 Å². The first-order chi connectivity index (χ1) is 12.1. The smallest absolute Gasteiger partial charge is 0.310 e. The summed E-state index contributed by atoms with van der Waals surface area (Å²) >= 11 is 1.29. The van der Waals surface area contributed by atoms with E-state index in [1.165, 1.54) is 23.9 Å². The van der Waals surface area contributed by atoms with E-state index in [0.717, 1.165) is 24.9 Å². The quantitative estimate of drug-likeness (QED) is 0.611. The van der Waals surface area contributed by atoms with Gasteiger partial charge in [0, 0.05) is 13.1 Å². The lowest BCUT2D eigenvalue weighted by atomic mass is 9.99. The van der Waals surface area contributed by atoms with Crippen LogP contribution in [-0.4, -0.2) is 41.6 Å². The van der Waals surface area contributed by atoms with E-state index in [-0.39, 0.29) is 23.6 Å². The Labute approximate surface area is 149 Å². The van der Waals surface area contributed by atoms with E-state index in [4.69, 9.17) is 4.74 Å². The van der Waals surface area contributed by atoms with Crippen molar-refractivity contribution in [3.8, 4) is 0 Å². The highest BCUT2D eigenvalue weighted by Crippen LogP contribution is 2.32. The third kappa shape index (κ3) is 4.28. The summed E-state index contributed by atoms with van der Waals surface area (Å²) in [5, 5.41) is 0.618. The third-order valence-corrected chi connectivity index (χ3v) is 5.13. The van der Waals surface area contributed by atoms with E-state index in [1.54, 1.807) is 25.1 Å². The van der Waals surface area contributed by atoms with E-state index in [2.05, 4.69) is 4.99 Å². The number of benzene rings is 1. The van der Waals surface area contributed by atoms with Gasteiger partial charge in [0.05, 0.1) is 17.4 Å². The SMILES string of the molecule is CCOC(=O)[C@H]1CCCN(C2=NC(=O)/C(=C/c3ccc(F)cc3)S2)C1. The zero-order valence-electron chi connectivity index (χ0n) is 13.9. The van der Waals surface area contributed by atoms with Crippen LogP contribution in [0.1, 0.15) is 25.3 Å². The zero-order valence-corrected chi connectivity index (χ0v) is 14.7. The van der Waals surface area contributed by atoms with Crippen LogP contribution in [0, 0.1) is 11.7 Å². The predicted octanol–water partition coefficient (Wildman–Crippen LogP) is 3.07. The number of carbonyl (C=O) groups excluding carboxylic acids is 2. The maximum Gasteiger partial charge on any atom is 0.310 e. The fourth-order valence-corrected chi connectivity index (χ4v) is 3.80. The summed E-state index contributed by atoms with van der Waals surface area (Å²) in [4.78, 5) is 30.7. The standard InChI is InChI=1S/C18H19FN2O3S/c1-2-24-17(23)13-4-3-9-21(11-13)18-20-16(22)15(25-18)10-12-5-7-14(19)8-6-12/h5-8,10,13H,2-4,9,11H2,1H3/b15-10-/t13-/m0/s1. The van der Waals surface area contributed by atoms with E-state index >= 15 is 0 Å². The average Bonchev–Trinajstić information content (AvgIpc) is 2.98. The van der Waals surface area contributed by atoms with Crippen LogP contribution in [0.5, 0.6) is 0 Å². The Balaban J connectivity index is 1.68. The Kier molecular flexibility index (Phi) is 5.53. The van der Waals surface area contributed by atoms with Crippen molar-refractivity contribution >= 4 is 34.9 Å². The maximum absolute atomic E-state index is 13.0. The summed E-state index contributed by atoms with van der Waals surface area (Å²) < 4.78 is 18.1. The van der Waals surface area contributed by atoms with Gasteiger partial charge in [0.1, 0.15) is 5.82 Å². The first-order valence-corrected chi connectivity index (χ1v) is 9.08. The molecule has 1 amide bonds. The number of piperidine rings is 1. The van der Waals surface area contributed by atoms with Gasteiger partial charge < -0.3 is 9.64 Å². The summed E-state index contributed by atoms with van der Waals surface area (Å²) in [6, 6.07) is 5.94. The number of amides is 1. The zero-order chi connectivity index (χ0) is 17.8. The van der Waals surface area contributed by atoms with Crippen molar-refractivity contribution < 1.29 is 18.7 Å². The highest BCUT2D eigenvalue weighted by molar-refractivity contribution is 8.18. The van der Waals surface area contributed by atoms with Crippen molar-refractivity contribution in [1.29, 1.82) is 0 Å². The van der Waals surface area contributed by atoms with Crippen molar-refractivity contribution in [1.82, 2.24) is 4.90 Å². The van der Waals surface area contributed by atoms with Crippen LogP contribution < -0.4 is 0 Å². The maximum atomic E-state index is 13.0. The molecule has 0 saturated carbocycles. The second-order valence-corrected chi connectivity index (χ2v) is 6.91. The van der Waals surface area contributed by atoms with Crippen LogP contribution in [0.3, 0.4) is 0 Å². The molecule has 0 spiro atoms. The van der Waals surface area contributed by atoms with Crippen molar-refractivity contribution in [2.45, 2.75) is 19.8 Å². The number of halogens is 1. The minimum Gasteiger partial charge on any atom is -0.466 e. The van der Waals surface area contributed by atoms with Crippen molar-refractivity contribution in [3.05, 3.63) is 40.6 Å². The van der Waals surface area contributed by atoms with Crippen LogP contribution in [0.25, 0.3) is 6.08 Å². The van der Waals surface area contributed by atoms with Crippen LogP contribution in [0.15, 0.2) is 34.2 Å². The van der Waals surface area contributed by atoms with Gasteiger partial charge >= 0.3 is 5.97 Å². The van der Waals surface area contributed by atoms with Crippen LogP contribution >= 0.6 is 11.8 Å². The van der Waals surface area contributed by atoms with E-state index in [1.807, 2.05) is 4.90 Å². The lowest BCUT2D eigenvalue weighted by Gasteiger charge is -2.32. The Morgan fingerprint density at radius 2 is 2.20 bits per heavy atom. The molecule has 0 radical (unpaired) electrons. The highest BCUT2D eigenvalue weighted by Gasteiger charge is 2.32. The number of likely N-dealkylation sites (tertiary alicyclic amines) is 1. The van der Waals surface area contributed by atoms with Gasteiger partial charge in [-0.05, 0) is 55.3 Å². The molecule has 0 bridgehead atoms. The van der Waals surface area contributed by atoms with E-state index in [0.29, 0.717) is 23.2 Å². The van der Waals surface area contributed by atoms with Crippen LogP contribution in [0.2, 0.25) is 0 Å². The number of hydrogen-bond donors (Lipinski definition) is 0. The highest BCUT2D eigenvalue weighted by atomic mass is 32.2. The Morgan fingerprint density at radius 3 is 2.92 bits per heavy atom. The number of carbonyl (C=O) groups is 2. The van der Waals surface area contributed by atoms with Crippen LogP contribution in [-0.2, 0) is 14.3 Å². The Hall–Kier alpha value is -2.15. The molecule has 1 atom stereocenters. The molecule has 3 rings (SSSR count). The molecule has 0 aliphatic carbocycles. The third-order valence-electron chi connectivity index (χ3n) is 4.09. The topological polar surface area (TPSA) is 59.0 Å². The molecule has 1 aromatic rings. The Bertz CT molecular complexity index is 730. The molecular weight excluding hydrogens is 343 g/mol. The van der Waals surface area contributed by atoms with Crippen LogP contribution in [0.4, 0.5) is 4.39 Å². The molecule has 1 saturated heterocycles. The fourth-order valence-electron chi connectivity index (χ4n) is 2.85. The minimum atomic E-state index is -0.317. The van der Waals surface area contributed by atoms with Gasteiger partial charge in [-0.15, -0.1) is 0 Å². The first-order valence-electron chi connectivity index (χ1n) is 8.26. The summed E-state index contributed by atoms with van der Waals surface area (Å²) in [5.74, 6) is -0.994. The van der Waals surface area contributed by atoms with Gasteiger partial charge in [0.2, 0.25) is 0 Å². The molecule has 2 aliphatic rings. The molecule has 5 nitrogen and oxygen atoms in total. The second-order valence-electron chi connectivity index (χ2n) is 5.90. The number of nitrogens with zero attached hydrogens (tertiary/aromatic N) is 2. The molecule has 2 heterocycles. The Morgan fingerprint density at radius 1 is 1.44 bits per heavy atom. The number of amidine groups is 1. The molecule has 7 heteroatoms. The molecule has 132 valence electrons. The fraction of sp³-hybridized carbons (Fsp3) is 0.389. The summed E-state index contributed by atoms with van der Waals surface area (Å²) in [6.45, 7) is 3.44. The number of aliphatic imine (C=N–C) groups is 1. The molecule has 0 aromatic heterocycles. The normalized spacial score (nSPS) is 22.2. The van der Waals surface area contributed by atoms with Crippen molar-refractivity contribution in [2.24, 2.45) is 10.9 Å². The molecule has 0 unspecified atom stereocenters. The molecule has 25 heavy (non-hydrogen) atoms. The molecule has 0 N–H and O–H groups in total. The average molecular weight is 362 g/mol. The van der Waals surface area contributed by atoms with Gasteiger partial charge in [-0.1, -0.05) is 12.1 Å². The minimum absolute atomic E-state index is 0.183. The number of rotatable bonds is 3. The lowest BCUT2D eigenvalue weighted by molar-refractivity contribution is -0.149. The summed E-state index contributed by atoms with van der Waals surface area (Å²) in [5.41, 5.74) is 0.747. The monoisotopic (exact) mass is 362 g/mol. The first kappa shape index (κ1) is 17.7. The number of ether oxygens (including phenoxy) is 1. The van der Waals surface area contributed by atoms with Crippen molar-refractivity contribution in [3.63, 3.8) is 0 Å². The lowest BCUT2D eigenvalue weighted by Crippen LogP contribution is -2.41. The second kappa shape index (κ2) is 7.82. The van der Waals surface area contributed by atoms with Crippen molar-refractivity contribution in [2.75, 3.05) is 19.7 Å².